The van der Waals surface area contributed by atoms with Crippen LogP contribution in [0, 0.1) is 6.92 Å². The zero-order valence-electron chi connectivity index (χ0n) is 8.45. The summed E-state index contributed by atoms with van der Waals surface area (Å²) in [5.41, 5.74) is 0.994. The molecule has 0 aliphatic rings. The van der Waals surface area contributed by atoms with Crippen molar-refractivity contribution in [3.05, 3.63) is 46.3 Å². The number of hydrogen-bond acceptors (Lipinski definition) is 3. The van der Waals surface area contributed by atoms with Crippen molar-refractivity contribution in [1.29, 1.82) is 0 Å². The molecule has 0 bridgehead atoms. The van der Waals surface area contributed by atoms with Gasteiger partial charge in [-0.2, -0.15) is 4.98 Å². The minimum Gasteiger partial charge on any atom is -0.437 e. The minimum atomic E-state index is 0.105. The maximum atomic E-state index is 5.89. The fourth-order valence-electron chi connectivity index (χ4n) is 1.18. The zero-order chi connectivity index (χ0) is 11.5. The first-order valence-electron chi connectivity index (χ1n) is 4.58. The standard InChI is InChI=1S/C11H8Cl2N2O/c1-7-4-2-3-5-9(7)16-10-8(12)6-14-11(13)15-10/h2-6H,1H3. The third kappa shape index (κ3) is 2.43. The highest BCUT2D eigenvalue weighted by Crippen LogP contribution is 2.29. The SMILES string of the molecule is Cc1ccccc1Oc1nc(Cl)ncc1Cl. The molecule has 0 N–H and O–H groups in total. The van der Waals surface area contributed by atoms with Crippen molar-refractivity contribution >= 4 is 23.2 Å². The summed E-state index contributed by atoms with van der Waals surface area (Å²) in [5.74, 6) is 0.954. The molecular weight excluding hydrogens is 247 g/mol. The summed E-state index contributed by atoms with van der Waals surface area (Å²) in [6, 6.07) is 7.57. The number of hydrogen-bond donors (Lipinski definition) is 0. The molecule has 0 saturated carbocycles. The first kappa shape index (κ1) is 11.2. The van der Waals surface area contributed by atoms with E-state index >= 15 is 0 Å². The molecule has 0 unspecified atom stereocenters. The smallest absolute Gasteiger partial charge is 0.242 e. The van der Waals surface area contributed by atoms with E-state index in [2.05, 4.69) is 9.97 Å². The van der Waals surface area contributed by atoms with E-state index in [1.54, 1.807) is 0 Å². The first-order valence-corrected chi connectivity index (χ1v) is 5.34. The summed E-state index contributed by atoms with van der Waals surface area (Å²) in [6.07, 6.45) is 1.41. The predicted molar refractivity (Wildman–Crippen MR) is 63.3 cm³/mol. The highest BCUT2D eigenvalue weighted by atomic mass is 35.5. The molecule has 3 nitrogen and oxygen atoms in total. The van der Waals surface area contributed by atoms with Gasteiger partial charge in [-0.25, -0.2) is 4.98 Å². The van der Waals surface area contributed by atoms with Crippen molar-refractivity contribution in [1.82, 2.24) is 9.97 Å². The Balaban J connectivity index is 2.34. The molecule has 0 atom stereocenters. The number of halogens is 2. The van der Waals surface area contributed by atoms with Crippen LogP contribution in [0.15, 0.2) is 30.5 Å². The maximum Gasteiger partial charge on any atom is 0.242 e. The van der Waals surface area contributed by atoms with E-state index in [1.807, 2.05) is 31.2 Å². The molecule has 0 aliphatic heterocycles. The molecule has 0 spiro atoms. The second-order valence-corrected chi connectivity index (χ2v) is 3.90. The van der Waals surface area contributed by atoms with Crippen molar-refractivity contribution in [3.63, 3.8) is 0 Å². The lowest BCUT2D eigenvalue weighted by Gasteiger charge is -2.08. The monoisotopic (exact) mass is 254 g/mol. The number of aromatic nitrogens is 2. The van der Waals surface area contributed by atoms with Crippen LogP contribution in [0.25, 0.3) is 0 Å². The molecule has 82 valence electrons. The van der Waals surface area contributed by atoms with Gasteiger partial charge in [0.1, 0.15) is 10.8 Å². The third-order valence-corrected chi connectivity index (χ3v) is 2.42. The fraction of sp³-hybridized carbons (Fsp3) is 0.0909. The van der Waals surface area contributed by atoms with Crippen molar-refractivity contribution in [2.45, 2.75) is 6.92 Å². The van der Waals surface area contributed by atoms with Gasteiger partial charge in [-0.3, -0.25) is 0 Å². The van der Waals surface area contributed by atoms with Gasteiger partial charge in [0.25, 0.3) is 0 Å². The molecule has 1 aromatic carbocycles. The van der Waals surface area contributed by atoms with E-state index in [1.165, 1.54) is 6.20 Å². The lowest BCUT2D eigenvalue weighted by atomic mass is 10.2. The Morgan fingerprint density at radius 3 is 2.69 bits per heavy atom. The Hall–Kier alpha value is -1.32. The highest BCUT2D eigenvalue weighted by Gasteiger charge is 2.08. The number of nitrogens with zero attached hydrogens (tertiary/aromatic N) is 2. The average molecular weight is 255 g/mol. The zero-order valence-corrected chi connectivity index (χ0v) is 9.96. The predicted octanol–water partition coefficient (Wildman–Crippen LogP) is 3.88. The second kappa shape index (κ2) is 4.68. The number of benzene rings is 1. The van der Waals surface area contributed by atoms with Gasteiger partial charge >= 0.3 is 0 Å². The van der Waals surface area contributed by atoms with E-state index in [0.717, 1.165) is 5.56 Å². The maximum absolute atomic E-state index is 5.89. The van der Waals surface area contributed by atoms with Crippen LogP contribution in [0.3, 0.4) is 0 Å². The van der Waals surface area contributed by atoms with Crippen molar-refractivity contribution in [2.24, 2.45) is 0 Å². The highest BCUT2D eigenvalue weighted by molar-refractivity contribution is 6.32. The summed E-state index contributed by atoms with van der Waals surface area (Å²) >= 11 is 11.6. The topological polar surface area (TPSA) is 35.0 Å². The summed E-state index contributed by atoms with van der Waals surface area (Å²) in [6.45, 7) is 1.94. The number of ether oxygens (including phenoxy) is 1. The quantitative estimate of drug-likeness (QED) is 0.763. The number of rotatable bonds is 2. The molecule has 0 radical (unpaired) electrons. The molecule has 0 saturated heterocycles. The summed E-state index contributed by atoms with van der Waals surface area (Å²) in [4.78, 5) is 7.66. The lowest BCUT2D eigenvalue weighted by molar-refractivity contribution is 0.458. The molecule has 5 heteroatoms. The molecular formula is C11H8Cl2N2O. The Morgan fingerprint density at radius 1 is 1.19 bits per heavy atom. The molecule has 0 aliphatic carbocycles. The van der Waals surface area contributed by atoms with Crippen molar-refractivity contribution < 1.29 is 4.74 Å². The van der Waals surface area contributed by atoms with Gasteiger partial charge in [-0.05, 0) is 30.2 Å². The average Bonchev–Trinajstić information content (AvgIpc) is 2.27. The minimum absolute atomic E-state index is 0.105. The van der Waals surface area contributed by atoms with Gasteiger partial charge in [0.15, 0.2) is 0 Å². The van der Waals surface area contributed by atoms with Gasteiger partial charge in [0.05, 0.1) is 6.20 Å². The second-order valence-electron chi connectivity index (χ2n) is 3.16. The van der Waals surface area contributed by atoms with Crippen LogP contribution in [-0.2, 0) is 0 Å². The van der Waals surface area contributed by atoms with Gasteiger partial charge in [0, 0.05) is 0 Å². The van der Waals surface area contributed by atoms with Gasteiger partial charge in [-0.1, -0.05) is 29.8 Å². The van der Waals surface area contributed by atoms with Crippen LogP contribution >= 0.6 is 23.2 Å². The first-order chi connectivity index (χ1) is 7.66. The van der Waals surface area contributed by atoms with Crippen LogP contribution < -0.4 is 4.74 Å². The Kier molecular flexibility index (Phi) is 3.27. The van der Waals surface area contributed by atoms with Crippen molar-refractivity contribution in [2.75, 3.05) is 0 Å². The molecule has 0 amide bonds. The molecule has 2 rings (SSSR count). The van der Waals surface area contributed by atoms with Crippen LogP contribution in [0.5, 0.6) is 11.6 Å². The van der Waals surface area contributed by atoms with Gasteiger partial charge < -0.3 is 4.74 Å². The van der Waals surface area contributed by atoms with Crippen LogP contribution in [0.4, 0.5) is 0 Å². The van der Waals surface area contributed by atoms with Gasteiger partial charge in [-0.15, -0.1) is 0 Å². The lowest BCUT2D eigenvalue weighted by Crippen LogP contribution is -1.92. The van der Waals surface area contributed by atoms with Crippen LogP contribution in [-0.4, -0.2) is 9.97 Å². The third-order valence-electron chi connectivity index (χ3n) is 1.98. The molecule has 2 aromatic rings. The van der Waals surface area contributed by atoms with E-state index in [-0.39, 0.29) is 11.2 Å². The molecule has 16 heavy (non-hydrogen) atoms. The van der Waals surface area contributed by atoms with E-state index < -0.39 is 0 Å². The Bertz CT molecular complexity index is 517. The number of para-hydroxylation sites is 1. The number of aryl methyl sites for hydroxylation is 1. The molecule has 1 heterocycles. The van der Waals surface area contributed by atoms with Crippen molar-refractivity contribution in [3.8, 4) is 11.6 Å². The Morgan fingerprint density at radius 2 is 1.94 bits per heavy atom. The normalized spacial score (nSPS) is 10.2. The van der Waals surface area contributed by atoms with Gasteiger partial charge in [0.2, 0.25) is 11.2 Å². The van der Waals surface area contributed by atoms with Crippen LogP contribution in [0.2, 0.25) is 10.3 Å². The van der Waals surface area contributed by atoms with E-state index in [9.17, 15) is 0 Å². The molecule has 1 aromatic heterocycles. The van der Waals surface area contributed by atoms with Crippen LogP contribution in [0.1, 0.15) is 5.56 Å². The summed E-state index contributed by atoms with van der Waals surface area (Å²) in [7, 11) is 0. The van der Waals surface area contributed by atoms with E-state index in [4.69, 9.17) is 27.9 Å². The molecule has 0 fully saturated rings. The Labute approximate surface area is 103 Å². The summed E-state index contributed by atoms with van der Waals surface area (Å²) < 4.78 is 5.55. The fourth-order valence-corrected chi connectivity index (χ4v) is 1.43. The largest absolute Gasteiger partial charge is 0.437 e. The summed E-state index contributed by atoms with van der Waals surface area (Å²) in [5, 5.41) is 0.431. The van der Waals surface area contributed by atoms with E-state index in [0.29, 0.717) is 10.8 Å².